The van der Waals surface area contributed by atoms with Crippen molar-refractivity contribution in [2.45, 2.75) is 19.3 Å². The summed E-state index contributed by atoms with van der Waals surface area (Å²) in [4.78, 5) is 4.18. The van der Waals surface area contributed by atoms with E-state index < -0.39 is 0 Å². The summed E-state index contributed by atoms with van der Waals surface area (Å²) in [5.41, 5.74) is 5.60. The lowest BCUT2D eigenvalue weighted by molar-refractivity contribution is 0.523. The summed E-state index contributed by atoms with van der Waals surface area (Å²) < 4.78 is 1.63. The molecule has 1 aliphatic heterocycles. The van der Waals surface area contributed by atoms with E-state index in [1.54, 1.807) is 4.68 Å². The first-order chi connectivity index (χ1) is 6.75. The molecule has 5 nitrogen and oxygen atoms in total. The maximum atomic E-state index is 5.60. The molecule has 0 amide bonds. The Balaban J connectivity index is 1.85. The van der Waals surface area contributed by atoms with Gasteiger partial charge in [0.15, 0.2) is 5.82 Å². The average molecular weight is 195 g/mol. The molecule has 1 saturated heterocycles. The third kappa shape index (κ3) is 2.04. The summed E-state index contributed by atoms with van der Waals surface area (Å²) in [7, 11) is 1.82. The molecule has 3 N–H and O–H groups in total. The molecule has 1 aromatic rings. The fourth-order valence-electron chi connectivity index (χ4n) is 1.85. The minimum absolute atomic E-state index is 0.504. The van der Waals surface area contributed by atoms with E-state index in [0.29, 0.717) is 5.95 Å². The zero-order valence-corrected chi connectivity index (χ0v) is 8.53. The second-order valence-electron chi connectivity index (χ2n) is 3.91. The lowest BCUT2D eigenvalue weighted by atomic mass is 10.0. The minimum atomic E-state index is 0.504. The van der Waals surface area contributed by atoms with Crippen LogP contribution in [0.2, 0.25) is 0 Å². The smallest absolute Gasteiger partial charge is 0.218 e. The summed E-state index contributed by atoms with van der Waals surface area (Å²) in [5.74, 6) is 2.17. The number of nitrogens with zero attached hydrogens (tertiary/aromatic N) is 3. The molecule has 0 aromatic carbocycles. The van der Waals surface area contributed by atoms with E-state index >= 15 is 0 Å². The van der Waals surface area contributed by atoms with E-state index in [1.165, 1.54) is 6.42 Å². The fraction of sp³-hybridized carbons (Fsp3) is 0.778. The summed E-state index contributed by atoms with van der Waals surface area (Å²) in [6, 6.07) is 0. The van der Waals surface area contributed by atoms with Gasteiger partial charge in [0.1, 0.15) is 0 Å². The Morgan fingerprint density at radius 2 is 2.50 bits per heavy atom. The van der Waals surface area contributed by atoms with Crippen molar-refractivity contribution in [1.29, 1.82) is 0 Å². The minimum Gasteiger partial charge on any atom is -0.368 e. The zero-order chi connectivity index (χ0) is 9.97. The van der Waals surface area contributed by atoms with Gasteiger partial charge in [0.2, 0.25) is 5.95 Å². The molecule has 2 rings (SSSR count). The molecular formula is C9H17N5. The van der Waals surface area contributed by atoms with Crippen LogP contribution in [0.4, 0.5) is 5.95 Å². The fourth-order valence-corrected chi connectivity index (χ4v) is 1.85. The average Bonchev–Trinajstić information content (AvgIpc) is 2.74. The maximum absolute atomic E-state index is 5.60. The van der Waals surface area contributed by atoms with Gasteiger partial charge in [0.05, 0.1) is 0 Å². The van der Waals surface area contributed by atoms with Crippen molar-refractivity contribution < 1.29 is 0 Å². The first-order valence-electron chi connectivity index (χ1n) is 5.12. The van der Waals surface area contributed by atoms with Crippen LogP contribution in [0, 0.1) is 5.92 Å². The van der Waals surface area contributed by atoms with Crippen LogP contribution in [-0.2, 0) is 13.5 Å². The molecule has 0 saturated carbocycles. The Hall–Kier alpha value is -1.10. The van der Waals surface area contributed by atoms with Crippen LogP contribution in [0.3, 0.4) is 0 Å². The molecular weight excluding hydrogens is 178 g/mol. The van der Waals surface area contributed by atoms with Gasteiger partial charge in [-0.1, -0.05) is 0 Å². The van der Waals surface area contributed by atoms with Gasteiger partial charge >= 0.3 is 0 Å². The van der Waals surface area contributed by atoms with Gasteiger partial charge in [-0.15, -0.1) is 0 Å². The number of aryl methyl sites for hydroxylation is 2. The molecule has 1 fully saturated rings. The molecule has 1 aromatic heterocycles. The summed E-state index contributed by atoms with van der Waals surface area (Å²) in [6.07, 6.45) is 3.39. The molecule has 2 heterocycles. The lowest BCUT2D eigenvalue weighted by Crippen LogP contribution is -2.09. The van der Waals surface area contributed by atoms with Crippen LogP contribution in [-0.4, -0.2) is 27.9 Å². The number of aromatic nitrogens is 3. The van der Waals surface area contributed by atoms with E-state index in [-0.39, 0.29) is 0 Å². The number of nitrogens with two attached hydrogens (primary N) is 1. The highest BCUT2D eigenvalue weighted by Crippen LogP contribution is 2.14. The molecule has 1 atom stereocenters. The number of hydrogen-bond donors (Lipinski definition) is 2. The van der Waals surface area contributed by atoms with Gasteiger partial charge in [-0.05, 0) is 31.8 Å². The largest absolute Gasteiger partial charge is 0.368 e. The number of rotatable bonds is 3. The number of anilines is 1. The molecule has 0 aliphatic carbocycles. The lowest BCUT2D eigenvalue weighted by Gasteiger charge is -2.04. The van der Waals surface area contributed by atoms with Crippen LogP contribution >= 0.6 is 0 Å². The molecule has 0 spiro atoms. The number of nitrogens with one attached hydrogen (secondary N) is 1. The Morgan fingerprint density at radius 3 is 3.07 bits per heavy atom. The van der Waals surface area contributed by atoms with E-state index in [1.807, 2.05) is 7.05 Å². The molecule has 0 bridgehead atoms. The van der Waals surface area contributed by atoms with E-state index in [9.17, 15) is 0 Å². The van der Waals surface area contributed by atoms with Gasteiger partial charge < -0.3 is 11.1 Å². The maximum Gasteiger partial charge on any atom is 0.218 e. The monoisotopic (exact) mass is 195 g/mol. The molecule has 1 aliphatic rings. The van der Waals surface area contributed by atoms with Gasteiger partial charge in [0, 0.05) is 13.5 Å². The van der Waals surface area contributed by atoms with Gasteiger partial charge in [-0.2, -0.15) is 10.1 Å². The summed E-state index contributed by atoms with van der Waals surface area (Å²) in [5, 5.41) is 7.59. The van der Waals surface area contributed by atoms with Crippen LogP contribution in [0.5, 0.6) is 0 Å². The van der Waals surface area contributed by atoms with Gasteiger partial charge in [-0.25, -0.2) is 4.68 Å². The van der Waals surface area contributed by atoms with E-state index in [4.69, 9.17) is 5.73 Å². The Kier molecular flexibility index (Phi) is 2.67. The Morgan fingerprint density at radius 1 is 1.64 bits per heavy atom. The molecule has 78 valence electrons. The predicted octanol–water partition coefficient (Wildman–Crippen LogP) is -0.0606. The normalized spacial score (nSPS) is 21.6. The SMILES string of the molecule is Cn1nc(CCC2CCNC2)nc1N. The van der Waals surface area contributed by atoms with Crippen molar-refractivity contribution in [1.82, 2.24) is 20.1 Å². The highest BCUT2D eigenvalue weighted by Gasteiger charge is 2.15. The molecule has 1 unspecified atom stereocenters. The number of nitrogen functional groups attached to an aromatic ring is 1. The summed E-state index contributed by atoms with van der Waals surface area (Å²) in [6.45, 7) is 2.30. The van der Waals surface area contributed by atoms with Crippen LogP contribution in [0.25, 0.3) is 0 Å². The predicted molar refractivity (Wildman–Crippen MR) is 54.7 cm³/mol. The molecule has 0 radical (unpaired) electrons. The van der Waals surface area contributed by atoms with Crippen LogP contribution < -0.4 is 11.1 Å². The van der Waals surface area contributed by atoms with Crippen LogP contribution in [0.1, 0.15) is 18.7 Å². The standard InChI is InChI=1S/C9H17N5/c1-14-9(10)12-8(13-14)3-2-7-4-5-11-6-7/h7,11H,2-6H2,1H3,(H2,10,12,13). The van der Waals surface area contributed by atoms with Crippen molar-refractivity contribution in [3.05, 3.63) is 5.82 Å². The molecule has 14 heavy (non-hydrogen) atoms. The van der Waals surface area contributed by atoms with Crippen molar-refractivity contribution in [3.8, 4) is 0 Å². The van der Waals surface area contributed by atoms with Crippen molar-refractivity contribution in [3.63, 3.8) is 0 Å². The van der Waals surface area contributed by atoms with Crippen molar-refractivity contribution >= 4 is 5.95 Å². The van der Waals surface area contributed by atoms with Gasteiger partial charge in [-0.3, -0.25) is 0 Å². The summed E-state index contributed by atoms with van der Waals surface area (Å²) >= 11 is 0. The van der Waals surface area contributed by atoms with Crippen molar-refractivity contribution in [2.24, 2.45) is 13.0 Å². The zero-order valence-electron chi connectivity index (χ0n) is 8.53. The van der Waals surface area contributed by atoms with Gasteiger partial charge in [0.25, 0.3) is 0 Å². The second-order valence-corrected chi connectivity index (χ2v) is 3.91. The Bertz CT molecular complexity index is 281. The van der Waals surface area contributed by atoms with E-state index in [0.717, 1.165) is 37.7 Å². The van der Waals surface area contributed by atoms with E-state index in [2.05, 4.69) is 15.4 Å². The van der Waals surface area contributed by atoms with Crippen molar-refractivity contribution in [2.75, 3.05) is 18.8 Å². The topological polar surface area (TPSA) is 68.8 Å². The second kappa shape index (κ2) is 3.96. The Labute approximate surface area is 83.7 Å². The highest BCUT2D eigenvalue weighted by molar-refractivity contribution is 5.15. The van der Waals surface area contributed by atoms with Crippen LogP contribution in [0.15, 0.2) is 0 Å². The number of hydrogen-bond acceptors (Lipinski definition) is 4. The quantitative estimate of drug-likeness (QED) is 0.709. The highest BCUT2D eigenvalue weighted by atomic mass is 15.4. The first-order valence-corrected chi connectivity index (χ1v) is 5.12. The third-order valence-corrected chi connectivity index (χ3v) is 2.78. The first kappa shape index (κ1) is 9.45. The third-order valence-electron chi connectivity index (χ3n) is 2.78. The molecule has 5 heteroatoms.